The second-order valence-electron chi connectivity index (χ2n) is 7.35. The third kappa shape index (κ3) is 4.31. The lowest BCUT2D eigenvalue weighted by Gasteiger charge is -2.30. The zero-order chi connectivity index (χ0) is 17.8. The van der Waals surface area contributed by atoms with E-state index in [1.165, 1.54) is 0 Å². The fraction of sp³-hybridized carbons (Fsp3) is 0.571. The van der Waals surface area contributed by atoms with Gasteiger partial charge >= 0.3 is 0 Å². The van der Waals surface area contributed by atoms with Crippen molar-refractivity contribution in [3.63, 3.8) is 0 Å². The molecule has 0 radical (unpaired) electrons. The minimum atomic E-state index is -0.421. The van der Waals surface area contributed by atoms with Crippen LogP contribution in [0.1, 0.15) is 44.6 Å². The quantitative estimate of drug-likeness (QED) is 0.767. The summed E-state index contributed by atoms with van der Waals surface area (Å²) < 4.78 is 10.9. The zero-order valence-corrected chi connectivity index (χ0v) is 15.2. The lowest BCUT2D eigenvalue weighted by molar-refractivity contribution is -0.115. The maximum Gasteiger partial charge on any atom is 0.159 e. The molecule has 0 saturated heterocycles. The zero-order valence-electron chi connectivity index (χ0n) is 15.2. The smallest absolute Gasteiger partial charge is 0.159 e. The second kappa shape index (κ2) is 8.15. The summed E-state index contributed by atoms with van der Waals surface area (Å²) in [4.78, 5) is 12.3. The largest absolute Gasteiger partial charge is 0.497 e. The van der Waals surface area contributed by atoms with Crippen molar-refractivity contribution in [1.29, 1.82) is 0 Å². The van der Waals surface area contributed by atoms with E-state index in [4.69, 9.17) is 9.47 Å². The van der Waals surface area contributed by atoms with Crippen LogP contribution < -0.4 is 4.74 Å². The molecule has 4 heteroatoms. The van der Waals surface area contributed by atoms with Gasteiger partial charge in [-0.3, -0.25) is 4.79 Å². The van der Waals surface area contributed by atoms with Gasteiger partial charge in [0.05, 0.1) is 19.8 Å². The van der Waals surface area contributed by atoms with Gasteiger partial charge in [-0.1, -0.05) is 19.1 Å². The fourth-order valence-corrected chi connectivity index (χ4v) is 4.18. The number of allylic oxidation sites excluding steroid dienone is 1. The van der Waals surface area contributed by atoms with Gasteiger partial charge in [0.1, 0.15) is 5.75 Å². The molecule has 1 aromatic carbocycles. The van der Waals surface area contributed by atoms with E-state index in [0.29, 0.717) is 25.6 Å². The van der Waals surface area contributed by atoms with Crippen LogP contribution in [-0.4, -0.2) is 30.7 Å². The first-order valence-corrected chi connectivity index (χ1v) is 9.23. The van der Waals surface area contributed by atoms with Gasteiger partial charge in [-0.2, -0.15) is 0 Å². The van der Waals surface area contributed by atoms with Gasteiger partial charge in [-0.05, 0) is 66.4 Å². The average Bonchev–Trinajstić information content (AvgIpc) is 2.90. The van der Waals surface area contributed by atoms with Crippen LogP contribution in [0.5, 0.6) is 5.75 Å². The number of fused-ring (bicyclic) bond motifs is 1. The molecule has 0 aliphatic heterocycles. The third-order valence-corrected chi connectivity index (χ3v) is 5.37. The standard InChI is InChI=1S/C21H28O4/c1-14-10-16-12-19(22)18(21(16)20(23)11-14)4-3-9-25-13-15-5-7-17(24-2)8-6-15/h5-8,14,16,20,23H,3-4,9-13H2,1-2H3/t14-,16+,20-/m1/s1. The third-order valence-electron chi connectivity index (χ3n) is 5.37. The van der Waals surface area contributed by atoms with Crippen LogP contribution in [0.25, 0.3) is 0 Å². The Balaban J connectivity index is 1.47. The highest BCUT2D eigenvalue weighted by atomic mass is 16.5. The molecular weight excluding hydrogens is 316 g/mol. The van der Waals surface area contributed by atoms with Gasteiger partial charge in [-0.25, -0.2) is 0 Å². The molecule has 136 valence electrons. The number of hydrogen-bond donors (Lipinski definition) is 1. The number of carbonyl (C=O) groups is 1. The van der Waals surface area contributed by atoms with Crippen molar-refractivity contribution >= 4 is 5.78 Å². The summed E-state index contributed by atoms with van der Waals surface area (Å²) in [5.41, 5.74) is 3.03. The summed E-state index contributed by atoms with van der Waals surface area (Å²) in [7, 11) is 1.65. The lowest BCUT2D eigenvalue weighted by Crippen LogP contribution is -2.26. The molecule has 1 N–H and O–H groups in total. The summed E-state index contributed by atoms with van der Waals surface area (Å²) in [5.74, 6) is 1.86. The molecule has 4 nitrogen and oxygen atoms in total. The number of Topliss-reactive ketones (excluding diaryl/α,β-unsaturated/α-hetero) is 1. The van der Waals surface area contributed by atoms with Gasteiger partial charge in [-0.15, -0.1) is 0 Å². The Bertz CT molecular complexity index is 632. The van der Waals surface area contributed by atoms with Crippen molar-refractivity contribution in [3.05, 3.63) is 41.0 Å². The molecule has 0 aromatic heterocycles. The normalized spacial score (nSPS) is 26.0. The highest BCUT2D eigenvalue weighted by Gasteiger charge is 2.39. The molecule has 0 heterocycles. The molecule has 2 aliphatic carbocycles. The van der Waals surface area contributed by atoms with E-state index >= 15 is 0 Å². The molecule has 0 amide bonds. The Kier molecular flexibility index (Phi) is 5.92. The van der Waals surface area contributed by atoms with Crippen LogP contribution in [0.15, 0.2) is 35.4 Å². The monoisotopic (exact) mass is 344 g/mol. The molecule has 25 heavy (non-hydrogen) atoms. The SMILES string of the molecule is COc1ccc(COCCCC2=C3[C@H](CC2=O)C[C@@H](C)C[C@H]3O)cc1. The number of aliphatic hydroxyl groups excluding tert-OH is 1. The minimum Gasteiger partial charge on any atom is -0.497 e. The predicted octanol–water partition coefficient (Wildman–Crippen LogP) is 3.67. The molecule has 1 aromatic rings. The van der Waals surface area contributed by atoms with Crippen molar-refractivity contribution < 1.29 is 19.4 Å². The van der Waals surface area contributed by atoms with Crippen molar-refractivity contribution in [1.82, 2.24) is 0 Å². The number of ketones is 1. The molecule has 3 atom stereocenters. The Morgan fingerprint density at radius 2 is 1.96 bits per heavy atom. The average molecular weight is 344 g/mol. The summed E-state index contributed by atoms with van der Waals surface area (Å²) in [6.07, 6.45) is 3.54. The predicted molar refractivity (Wildman–Crippen MR) is 96.4 cm³/mol. The van der Waals surface area contributed by atoms with Gasteiger partial charge in [0, 0.05) is 13.0 Å². The Morgan fingerprint density at radius 3 is 2.68 bits per heavy atom. The first-order chi connectivity index (χ1) is 12.1. The van der Waals surface area contributed by atoms with Crippen LogP contribution >= 0.6 is 0 Å². The van der Waals surface area contributed by atoms with Crippen LogP contribution in [0.3, 0.4) is 0 Å². The fourth-order valence-electron chi connectivity index (χ4n) is 4.18. The van der Waals surface area contributed by atoms with Gasteiger partial charge in [0.25, 0.3) is 0 Å². The molecule has 1 fully saturated rings. The lowest BCUT2D eigenvalue weighted by atomic mass is 9.77. The van der Waals surface area contributed by atoms with Crippen molar-refractivity contribution in [2.45, 2.75) is 51.7 Å². The van der Waals surface area contributed by atoms with Crippen LogP contribution in [0.4, 0.5) is 0 Å². The molecule has 0 unspecified atom stereocenters. The Morgan fingerprint density at radius 1 is 1.20 bits per heavy atom. The molecule has 0 bridgehead atoms. The van der Waals surface area contributed by atoms with Crippen molar-refractivity contribution in [2.75, 3.05) is 13.7 Å². The van der Waals surface area contributed by atoms with Crippen LogP contribution in [-0.2, 0) is 16.1 Å². The van der Waals surface area contributed by atoms with E-state index < -0.39 is 6.10 Å². The van der Waals surface area contributed by atoms with E-state index in [0.717, 1.165) is 48.1 Å². The number of hydrogen-bond acceptors (Lipinski definition) is 4. The first kappa shape index (κ1) is 18.2. The van der Waals surface area contributed by atoms with E-state index in [1.807, 2.05) is 24.3 Å². The highest BCUT2D eigenvalue weighted by Crippen LogP contribution is 2.43. The number of benzene rings is 1. The Labute approximate surface area is 149 Å². The maximum atomic E-state index is 12.3. The molecule has 2 aliphatic rings. The topological polar surface area (TPSA) is 55.8 Å². The van der Waals surface area contributed by atoms with E-state index in [9.17, 15) is 9.90 Å². The molecule has 0 spiro atoms. The van der Waals surface area contributed by atoms with Crippen molar-refractivity contribution in [3.8, 4) is 5.75 Å². The Hall–Kier alpha value is -1.65. The number of rotatable bonds is 7. The highest BCUT2D eigenvalue weighted by molar-refractivity contribution is 5.99. The number of carbonyl (C=O) groups excluding carboxylic acids is 1. The van der Waals surface area contributed by atoms with Crippen LogP contribution in [0, 0.1) is 11.8 Å². The molecular formula is C21H28O4. The maximum absolute atomic E-state index is 12.3. The first-order valence-electron chi connectivity index (χ1n) is 9.23. The van der Waals surface area contributed by atoms with Gasteiger partial charge < -0.3 is 14.6 Å². The van der Waals surface area contributed by atoms with Gasteiger partial charge in [0.15, 0.2) is 5.78 Å². The molecule has 1 saturated carbocycles. The number of methoxy groups -OCH3 is 1. The number of aliphatic hydroxyl groups is 1. The summed E-state index contributed by atoms with van der Waals surface area (Å²) in [5, 5.41) is 10.4. The second-order valence-corrected chi connectivity index (χ2v) is 7.35. The van der Waals surface area contributed by atoms with E-state index in [1.54, 1.807) is 7.11 Å². The minimum absolute atomic E-state index is 0.239. The van der Waals surface area contributed by atoms with E-state index in [2.05, 4.69) is 6.92 Å². The summed E-state index contributed by atoms with van der Waals surface area (Å²) >= 11 is 0. The van der Waals surface area contributed by atoms with Crippen LogP contribution in [0.2, 0.25) is 0 Å². The summed E-state index contributed by atoms with van der Waals surface area (Å²) in [6.45, 7) is 3.34. The van der Waals surface area contributed by atoms with Gasteiger partial charge in [0.2, 0.25) is 0 Å². The number of ether oxygens (including phenoxy) is 2. The molecule has 3 rings (SSSR count). The van der Waals surface area contributed by atoms with Crippen molar-refractivity contribution in [2.24, 2.45) is 11.8 Å². The van der Waals surface area contributed by atoms with E-state index in [-0.39, 0.29) is 11.7 Å². The summed E-state index contributed by atoms with van der Waals surface area (Å²) in [6, 6.07) is 7.84.